The van der Waals surface area contributed by atoms with Crippen LogP contribution < -0.4 is 5.32 Å². The van der Waals surface area contributed by atoms with E-state index in [-0.39, 0.29) is 0 Å². The summed E-state index contributed by atoms with van der Waals surface area (Å²) in [5, 5.41) is 4.54. The van der Waals surface area contributed by atoms with E-state index >= 15 is 0 Å². The van der Waals surface area contributed by atoms with E-state index in [0.717, 1.165) is 29.6 Å². The lowest BCUT2D eigenvalue weighted by atomic mass is 10.2. The summed E-state index contributed by atoms with van der Waals surface area (Å²) < 4.78 is 0. The van der Waals surface area contributed by atoms with Gasteiger partial charge in [0.25, 0.3) is 0 Å². The summed E-state index contributed by atoms with van der Waals surface area (Å²) in [4.78, 5) is 4.32. The van der Waals surface area contributed by atoms with E-state index in [2.05, 4.69) is 28.2 Å². The zero-order chi connectivity index (χ0) is 11.2. The van der Waals surface area contributed by atoms with Crippen molar-refractivity contribution < 1.29 is 0 Å². The fraction of sp³-hybridized carbons (Fsp3) is 0.214. The molecule has 16 heavy (non-hydrogen) atoms. The van der Waals surface area contributed by atoms with E-state index in [1.165, 1.54) is 0 Å². The minimum atomic E-state index is 0.868. The molecule has 0 atom stereocenters. The number of nitrogens with one attached hydrogen (secondary N) is 1. The molecule has 80 valence electrons. The van der Waals surface area contributed by atoms with E-state index in [9.17, 15) is 0 Å². The molecule has 2 nitrogen and oxygen atoms in total. The summed E-state index contributed by atoms with van der Waals surface area (Å²) >= 11 is 0. The predicted octanol–water partition coefficient (Wildman–Crippen LogP) is 3.06. The van der Waals surface area contributed by atoms with Gasteiger partial charge in [-0.15, -0.1) is 11.8 Å². The van der Waals surface area contributed by atoms with E-state index in [1.54, 1.807) is 0 Å². The number of nitrogens with zero attached hydrogens (tertiary/aromatic N) is 1. The predicted molar refractivity (Wildman–Crippen MR) is 68.3 cm³/mol. The zero-order valence-corrected chi connectivity index (χ0v) is 9.33. The second-order valence-corrected chi connectivity index (χ2v) is 3.48. The maximum absolute atomic E-state index is 4.32. The van der Waals surface area contributed by atoms with E-state index in [4.69, 9.17) is 0 Å². The summed E-state index contributed by atoms with van der Waals surface area (Å²) in [6.45, 7) is 2.73. The van der Waals surface area contributed by atoms with Gasteiger partial charge in [-0.3, -0.25) is 4.98 Å². The maximum Gasteiger partial charge on any atom is 0.0722 e. The van der Waals surface area contributed by atoms with Crippen LogP contribution >= 0.6 is 0 Å². The number of para-hydroxylation sites is 1. The number of benzene rings is 1. The van der Waals surface area contributed by atoms with Crippen molar-refractivity contribution in [2.24, 2.45) is 0 Å². The third-order valence-corrected chi connectivity index (χ3v) is 2.39. The second-order valence-electron chi connectivity index (χ2n) is 3.48. The summed E-state index contributed by atoms with van der Waals surface area (Å²) in [6.07, 6.45) is 2.70. The molecular weight excluding hydrogens is 196 g/mol. The number of fused-ring (bicyclic) bond motifs is 1. The largest absolute Gasteiger partial charge is 0.383 e. The fourth-order valence-electron chi connectivity index (χ4n) is 1.63. The molecule has 0 bridgehead atoms. The van der Waals surface area contributed by atoms with Crippen LogP contribution in [0.4, 0.5) is 5.69 Å². The Morgan fingerprint density at radius 3 is 3.00 bits per heavy atom. The normalized spacial score (nSPS) is 9.56. The van der Waals surface area contributed by atoms with Crippen LogP contribution in [0.3, 0.4) is 0 Å². The highest BCUT2D eigenvalue weighted by molar-refractivity contribution is 5.90. The quantitative estimate of drug-likeness (QED) is 0.622. The SMILES string of the molecule is CC#CCCNc1ccnc2ccccc12. The van der Waals surface area contributed by atoms with Gasteiger partial charge in [-0.05, 0) is 19.1 Å². The smallest absolute Gasteiger partial charge is 0.0722 e. The molecule has 1 heterocycles. The first-order valence-electron chi connectivity index (χ1n) is 5.39. The molecule has 0 spiro atoms. The highest BCUT2D eigenvalue weighted by Crippen LogP contribution is 2.20. The van der Waals surface area contributed by atoms with E-state index in [0.29, 0.717) is 0 Å². The monoisotopic (exact) mass is 210 g/mol. The molecule has 0 amide bonds. The minimum Gasteiger partial charge on any atom is -0.383 e. The summed E-state index contributed by atoms with van der Waals surface area (Å²) in [6, 6.07) is 10.1. The van der Waals surface area contributed by atoms with Gasteiger partial charge in [-0.2, -0.15) is 0 Å². The van der Waals surface area contributed by atoms with Crippen LogP contribution in [0.25, 0.3) is 10.9 Å². The van der Waals surface area contributed by atoms with Crippen molar-refractivity contribution in [1.82, 2.24) is 4.98 Å². The van der Waals surface area contributed by atoms with Crippen LogP contribution in [0.15, 0.2) is 36.5 Å². The van der Waals surface area contributed by atoms with Crippen molar-refractivity contribution in [3.8, 4) is 11.8 Å². The number of pyridine rings is 1. The van der Waals surface area contributed by atoms with Crippen molar-refractivity contribution in [3.63, 3.8) is 0 Å². The van der Waals surface area contributed by atoms with Gasteiger partial charge in [0.15, 0.2) is 0 Å². The average Bonchev–Trinajstić information content (AvgIpc) is 2.35. The first-order valence-corrected chi connectivity index (χ1v) is 5.39. The Balaban J connectivity index is 2.19. The van der Waals surface area contributed by atoms with E-state index in [1.807, 2.05) is 37.4 Å². The van der Waals surface area contributed by atoms with Crippen LogP contribution in [0.5, 0.6) is 0 Å². The Labute approximate surface area is 95.7 Å². The Hall–Kier alpha value is -2.01. The number of anilines is 1. The summed E-state index contributed by atoms with van der Waals surface area (Å²) in [7, 11) is 0. The van der Waals surface area contributed by atoms with Crippen LogP contribution in [0, 0.1) is 11.8 Å². The number of aromatic nitrogens is 1. The molecule has 1 aromatic heterocycles. The molecule has 1 aromatic carbocycles. The van der Waals surface area contributed by atoms with Gasteiger partial charge in [0.2, 0.25) is 0 Å². The van der Waals surface area contributed by atoms with Gasteiger partial charge >= 0.3 is 0 Å². The molecule has 2 aromatic rings. The lowest BCUT2D eigenvalue weighted by Crippen LogP contribution is -2.01. The number of rotatable bonds is 3. The topological polar surface area (TPSA) is 24.9 Å². The fourth-order valence-corrected chi connectivity index (χ4v) is 1.63. The van der Waals surface area contributed by atoms with Gasteiger partial charge in [0.1, 0.15) is 0 Å². The number of hydrogen-bond acceptors (Lipinski definition) is 2. The van der Waals surface area contributed by atoms with Gasteiger partial charge in [-0.1, -0.05) is 18.2 Å². The van der Waals surface area contributed by atoms with Crippen molar-refractivity contribution >= 4 is 16.6 Å². The van der Waals surface area contributed by atoms with Crippen LogP contribution in [0.1, 0.15) is 13.3 Å². The molecule has 0 saturated heterocycles. The Bertz CT molecular complexity index is 530. The standard InChI is InChI=1S/C14H14N2/c1-2-3-6-10-15-14-9-11-16-13-8-5-4-7-12(13)14/h4-5,7-9,11H,6,10H2,1H3,(H,15,16). The third kappa shape index (κ3) is 2.32. The van der Waals surface area contributed by atoms with Gasteiger partial charge in [-0.25, -0.2) is 0 Å². The first kappa shape index (κ1) is 10.5. The second kappa shape index (κ2) is 5.18. The molecule has 1 N–H and O–H groups in total. The molecule has 0 radical (unpaired) electrons. The lowest BCUT2D eigenvalue weighted by Gasteiger charge is -2.07. The van der Waals surface area contributed by atoms with Crippen molar-refractivity contribution in [2.45, 2.75) is 13.3 Å². The molecule has 2 heteroatoms. The number of hydrogen-bond donors (Lipinski definition) is 1. The van der Waals surface area contributed by atoms with E-state index < -0.39 is 0 Å². The highest BCUT2D eigenvalue weighted by atomic mass is 14.9. The molecule has 2 rings (SSSR count). The third-order valence-electron chi connectivity index (χ3n) is 2.39. The van der Waals surface area contributed by atoms with Crippen LogP contribution in [-0.4, -0.2) is 11.5 Å². The lowest BCUT2D eigenvalue weighted by molar-refractivity contribution is 1.10. The maximum atomic E-state index is 4.32. The Kier molecular flexibility index (Phi) is 3.40. The van der Waals surface area contributed by atoms with Crippen LogP contribution in [-0.2, 0) is 0 Å². The highest BCUT2D eigenvalue weighted by Gasteiger charge is 1.98. The van der Waals surface area contributed by atoms with Crippen molar-refractivity contribution in [2.75, 3.05) is 11.9 Å². The molecule has 0 fully saturated rings. The van der Waals surface area contributed by atoms with Gasteiger partial charge in [0, 0.05) is 30.2 Å². The van der Waals surface area contributed by atoms with Gasteiger partial charge in [0.05, 0.1) is 5.52 Å². The summed E-state index contributed by atoms with van der Waals surface area (Å²) in [5.41, 5.74) is 2.15. The van der Waals surface area contributed by atoms with Crippen molar-refractivity contribution in [1.29, 1.82) is 0 Å². The Morgan fingerprint density at radius 2 is 2.12 bits per heavy atom. The zero-order valence-electron chi connectivity index (χ0n) is 9.33. The molecule has 0 unspecified atom stereocenters. The first-order chi connectivity index (χ1) is 7.92. The van der Waals surface area contributed by atoms with Crippen LogP contribution in [0.2, 0.25) is 0 Å². The molecule has 0 aliphatic carbocycles. The minimum absolute atomic E-state index is 0.868. The Morgan fingerprint density at radius 1 is 1.25 bits per heavy atom. The molecule has 0 aliphatic heterocycles. The molecule has 0 saturated carbocycles. The average molecular weight is 210 g/mol. The van der Waals surface area contributed by atoms with Crippen molar-refractivity contribution in [3.05, 3.63) is 36.5 Å². The molecular formula is C14H14N2. The molecule has 0 aliphatic rings. The van der Waals surface area contributed by atoms with Gasteiger partial charge < -0.3 is 5.32 Å². The summed E-state index contributed by atoms with van der Waals surface area (Å²) in [5.74, 6) is 5.93.